The van der Waals surface area contributed by atoms with Gasteiger partial charge in [0, 0.05) is 20.1 Å². The Morgan fingerprint density at radius 2 is 1.71 bits per heavy atom. The van der Waals surface area contributed by atoms with Crippen molar-refractivity contribution in [1.82, 2.24) is 0 Å². The van der Waals surface area contributed by atoms with E-state index in [4.69, 9.17) is 41.2 Å². The number of nitrogens with one attached hydrogen (secondary N) is 1. The second-order valence-electron chi connectivity index (χ2n) is 4.13. The van der Waals surface area contributed by atoms with E-state index in [0.29, 0.717) is 31.3 Å². The quantitative estimate of drug-likeness (QED) is 0.733. The van der Waals surface area contributed by atoms with Crippen molar-refractivity contribution in [2.75, 3.05) is 5.32 Å². The molecule has 0 atom stereocenters. The highest BCUT2D eigenvalue weighted by Crippen LogP contribution is 2.25. The summed E-state index contributed by atoms with van der Waals surface area (Å²) in [5.74, 6) is -0.343. The van der Waals surface area contributed by atoms with Crippen LogP contribution < -0.4 is 11.1 Å². The van der Waals surface area contributed by atoms with Crippen molar-refractivity contribution in [1.29, 1.82) is 0 Å². The summed E-state index contributed by atoms with van der Waals surface area (Å²) < 4.78 is 0.628. The van der Waals surface area contributed by atoms with Crippen LogP contribution in [0.3, 0.4) is 0 Å². The summed E-state index contributed by atoms with van der Waals surface area (Å²) in [6.07, 6.45) is 0. The zero-order valence-corrected chi connectivity index (χ0v) is 14.4. The molecule has 1 amide bonds. The van der Waals surface area contributed by atoms with Gasteiger partial charge >= 0.3 is 0 Å². The first kappa shape index (κ1) is 16.2. The molecule has 21 heavy (non-hydrogen) atoms. The highest BCUT2D eigenvalue weighted by atomic mass is 79.9. The molecule has 0 saturated heterocycles. The fourth-order valence-corrected chi connectivity index (χ4v) is 2.64. The summed E-state index contributed by atoms with van der Waals surface area (Å²) in [6, 6.07) is 9.85. The molecule has 2 aromatic carbocycles. The van der Waals surface area contributed by atoms with Crippen LogP contribution in [0.25, 0.3) is 0 Å². The molecule has 0 unspecified atom stereocenters. The smallest absolute Gasteiger partial charge is 0.256 e. The normalized spacial score (nSPS) is 10.2. The molecule has 0 aliphatic carbocycles. The van der Waals surface area contributed by atoms with Crippen molar-refractivity contribution in [3.63, 3.8) is 0 Å². The van der Waals surface area contributed by atoms with E-state index in [0.717, 1.165) is 0 Å². The average Bonchev–Trinajstić information content (AvgIpc) is 2.41. The second-order valence-corrected chi connectivity index (χ2v) is 6.30. The molecular formula is C14H9BrCl2N2OS. The number of nitrogens with two attached hydrogens (primary N) is 1. The van der Waals surface area contributed by atoms with Gasteiger partial charge in [-0.25, -0.2) is 0 Å². The molecule has 0 radical (unpaired) electrons. The monoisotopic (exact) mass is 402 g/mol. The standard InChI is InChI=1S/C14H9BrCl2N2OS/c15-11-4-2-7(16)5-10(11)14(20)19-12-6-8(17)1-3-9(12)13(18)21/h1-6H,(H2,18,21)(H,19,20). The maximum absolute atomic E-state index is 12.3. The third kappa shape index (κ3) is 3.95. The summed E-state index contributed by atoms with van der Waals surface area (Å²) in [5, 5.41) is 3.67. The average molecular weight is 404 g/mol. The van der Waals surface area contributed by atoms with E-state index in [1.807, 2.05) is 0 Å². The topological polar surface area (TPSA) is 55.1 Å². The van der Waals surface area contributed by atoms with Crippen molar-refractivity contribution in [3.8, 4) is 0 Å². The molecule has 0 bridgehead atoms. The van der Waals surface area contributed by atoms with Gasteiger partial charge in [0.05, 0.1) is 11.3 Å². The minimum absolute atomic E-state index is 0.173. The summed E-state index contributed by atoms with van der Waals surface area (Å²) in [4.78, 5) is 12.5. The van der Waals surface area contributed by atoms with E-state index in [-0.39, 0.29) is 10.9 Å². The first-order chi connectivity index (χ1) is 9.88. The van der Waals surface area contributed by atoms with Crippen LogP contribution in [0.15, 0.2) is 40.9 Å². The van der Waals surface area contributed by atoms with Gasteiger partial charge in [-0.1, -0.05) is 35.4 Å². The van der Waals surface area contributed by atoms with Crippen LogP contribution in [0.2, 0.25) is 10.0 Å². The van der Waals surface area contributed by atoms with E-state index < -0.39 is 0 Å². The van der Waals surface area contributed by atoms with Crippen molar-refractivity contribution in [2.24, 2.45) is 5.73 Å². The summed E-state index contributed by atoms with van der Waals surface area (Å²) >= 11 is 20.1. The molecule has 0 aliphatic rings. The highest BCUT2D eigenvalue weighted by molar-refractivity contribution is 9.10. The first-order valence-electron chi connectivity index (χ1n) is 5.74. The lowest BCUT2D eigenvalue weighted by Crippen LogP contribution is -2.18. The number of anilines is 1. The van der Waals surface area contributed by atoms with E-state index in [9.17, 15) is 4.79 Å². The largest absolute Gasteiger partial charge is 0.389 e. The van der Waals surface area contributed by atoms with Crippen molar-refractivity contribution in [3.05, 3.63) is 62.0 Å². The number of halogens is 3. The number of thiocarbonyl (C=S) groups is 1. The number of carbonyl (C=O) groups is 1. The maximum Gasteiger partial charge on any atom is 0.256 e. The van der Waals surface area contributed by atoms with Gasteiger partial charge < -0.3 is 11.1 Å². The second kappa shape index (κ2) is 6.75. The Hall–Kier alpha value is -1.14. The van der Waals surface area contributed by atoms with Crippen molar-refractivity contribution in [2.45, 2.75) is 0 Å². The van der Waals surface area contributed by atoms with Gasteiger partial charge in [0.25, 0.3) is 5.91 Å². The van der Waals surface area contributed by atoms with Crippen LogP contribution in [-0.2, 0) is 0 Å². The molecule has 0 fully saturated rings. The highest BCUT2D eigenvalue weighted by Gasteiger charge is 2.14. The van der Waals surface area contributed by atoms with E-state index in [2.05, 4.69) is 21.2 Å². The van der Waals surface area contributed by atoms with Gasteiger partial charge in [0.15, 0.2) is 0 Å². The Kier molecular flexibility index (Phi) is 5.22. The predicted molar refractivity (Wildman–Crippen MR) is 94.4 cm³/mol. The molecule has 0 aliphatic heterocycles. The van der Waals surface area contributed by atoms with E-state index in [1.165, 1.54) is 0 Å². The van der Waals surface area contributed by atoms with Crippen LogP contribution in [0, 0.1) is 0 Å². The molecule has 0 aromatic heterocycles. The summed E-state index contributed by atoms with van der Waals surface area (Å²) in [6.45, 7) is 0. The molecule has 108 valence electrons. The summed E-state index contributed by atoms with van der Waals surface area (Å²) in [5.41, 5.74) is 7.03. The zero-order valence-electron chi connectivity index (χ0n) is 10.5. The Labute approximate surface area is 145 Å². The van der Waals surface area contributed by atoms with Crippen LogP contribution in [0.1, 0.15) is 15.9 Å². The van der Waals surface area contributed by atoms with Gasteiger partial charge in [-0.3, -0.25) is 4.79 Å². The molecule has 2 rings (SSSR count). The molecule has 2 aromatic rings. The number of carbonyl (C=O) groups excluding carboxylic acids is 1. The number of hydrogen-bond acceptors (Lipinski definition) is 2. The van der Waals surface area contributed by atoms with E-state index >= 15 is 0 Å². The van der Waals surface area contributed by atoms with Crippen molar-refractivity contribution >= 4 is 67.9 Å². The number of amides is 1. The third-order valence-electron chi connectivity index (χ3n) is 2.67. The van der Waals surface area contributed by atoms with Crippen LogP contribution in [0.4, 0.5) is 5.69 Å². The van der Waals surface area contributed by atoms with E-state index in [1.54, 1.807) is 36.4 Å². The Bertz CT molecular complexity index is 737. The van der Waals surface area contributed by atoms with Crippen LogP contribution in [0.5, 0.6) is 0 Å². The van der Waals surface area contributed by atoms with Gasteiger partial charge in [-0.15, -0.1) is 0 Å². The maximum atomic E-state index is 12.3. The fraction of sp³-hybridized carbons (Fsp3) is 0. The molecule has 0 spiro atoms. The number of rotatable bonds is 3. The Balaban J connectivity index is 2.38. The molecule has 0 heterocycles. The minimum atomic E-state index is -0.343. The first-order valence-corrected chi connectivity index (χ1v) is 7.70. The molecule has 0 saturated carbocycles. The zero-order chi connectivity index (χ0) is 15.6. The lowest BCUT2D eigenvalue weighted by Gasteiger charge is -2.11. The SMILES string of the molecule is NC(=S)c1ccc(Cl)cc1NC(=O)c1cc(Cl)ccc1Br. The minimum Gasteiger partial charge on any atom is -0.389 e. The lowest BCUT2D eigenvalue weighted by atomic mass is 10.1. The van der Waals surface area contributed by atoms with Crippen LogP contribution >= 0.6 is 51.3 Å². The predicted octanol–water partition coefficient (Wildman–Crippen LogP) is 4.64. The number of hydrogen-bond donors (Lipinski definition) is 2. The molecular weight excluding hydrogens is 395 g/mol. The summed E-state index contributed by atoms with van der Waals surface area (Å²) in [7, 11) is 0. The Morgan fingerprint density at radius 1 is 1.10 bits per heavy atom. The third-order valence-corrected chi connectivity index (χ3v) is 4.05. The molecule has 3 nitrogen and oxygen atoms in total. The fourth-order valence-electron chi connectivity index (χ4n) is 1.70. The molecule has 7 heteroatoms. The van der Waals surface area contributed by atoms with Crippen molar-refractivity contribution < 1.29 is 4.79 Å². The van der Waals surface area contributed by atoms with Crippen LogP contribution in [-0.4, -0.2) is 10.9 Å². The Morgan fingerprint density at radius 3 is 2.38 bits per heavy atom. The van der Waals surface area contributed by atoms with Gasteiger partial charge in [0.2, 0.25) is 0 Å². The number of benzene rings is 2. The van der Waals surface area contributed by atoms with Gasteiger partial charge in [0.1, 0.15) is 4.99 Å². The van der Waals surface area contributed by atoms with Gasteiger partial charge in [-0.2, -0.15) is 0 Å². The van der Waals surface area contributed by atoms with Gasteiger partial charge in [-0.05, 0) is 52.3 Å². The lowest BCUT2D eigenvalue weighted by molar-refractivity contribution is 0.102. The molecule has 3 N–H and O–H groups in total.